The van der Waals surface area contributed by atoms with E-state index in [4.69, 9.17) is 0 Å². The summed E-state index contributed by atoms with van der Waals surface area (Å²) in [5.41, 5.74) is 2.50. The van der Waals surface area contributed by atoms with Gasteiger partial charge in [0.05, 0.1) is 17.4 Å². The van der Waals surface area contributed by atoms with Gasteiger partial charge in [0.2, 0.25) is 0 Å². The molecule has 0 radical (unpaired) electrons. The van der Waals surface area contributed by atoms with Crippen molar-refractivity contribution in [2.24, 2.45) is 5.92 Å². The molecule has 1 aromatic heterocycles. The van der Waals surface area contributed by atoms with E-state index in [1.54, 1.807) is 12.1 Å². The van der Waals surface area contributed by atoms with Crippen molar-refractivity contribution in [1.29, 1.82) is 0 Å². The van der Waals surface area contributed by atoms with E-state index in [0.29, 0.717) is 11.8 Å². The zero-order valence-corrected chi connectivity index (χ0v) is 16.8. The highest BCUT2D eigenvalue weighted by atomic mass is 19.4. The predicted molar refractivity (Wildman–Crippen MR) is 108 cm³/mol. The lowest BCUT2D eigenvalue weighted by atomic mass is 9.98. The third-order valence-electron chi connectivity index (χ3n) is 5.50. The van der Waals surface area contributed by atoms with E-state index in [1.165, 1.54) is 30.5 Å². The highest BCUT2D eigenvalue weighted by molar-refractivity contribution is 5.68. The summed E-state index contributed by atoms with van der Waals surface area (Å²) >= 11 is 0. The van der Waals surface area contributed by atoms with Crippen LogP contribution < -0.4 is 4.90 Å². The number of nitrogens with zero attached hydrogens (tertiary/aromatic N) is 2. The van der Waals surface area contributed by atoms with Gasteiger partial charge in [0, 0.05) is 17.9 Å². The number of alkyl halides is 3. The molecule has 1 unspecified atom stereocenters. The molecule has 28 heavy (non-hydrogen) atoms. The first-order chi connectivity index (χ1) is 13.3. The van der Waals surface area contributed by atoms with Crippen LogP contribution in [0, 0.1) is 5.92 Å². The van der Waals surface area contributed by atoms with E-state index in [-0.39, 0.29) is 6.04 Å². The Balaban J connectivity index is 2.01. The van der Waals surface area contributed by atoms with E-state index < -0.39 is 11.7 Å². The fourth-order valence-corrected chi connectivity index (χ4v) is 3.74. The van der Waals surface area contributed by atoms with Crippen LogP contribution in [0.4, 0.5) is 24.5 Å². The van der Waals surface area contributed by atoms with Crippen LogP contribution in [0.25, 0.3) is 0 Å². The van der Waals surface area contributed by atoms with E-state index in [1.807, 2.05) is 12.4 Å². The minimum absolute atomic E-state index is 0.223. The highest BCUT2D eigenvalue weighted by Crippen LogP contribution is 2.46. The van der Waals surface area contributed by atoms with Crippen molar-refractivity contribution in [3.8, 4) is 0 Å². The van der Waals surface area contributed by atoms with Gasteiger partial charge in [0.15, 0.2) is 0 Å². The van der Waals surface area contributed by atoms with Crippen molar-refractivity contribution >= 4 is 11.4 Å². The first kappa shape index (κ1) is 20.7. The summed E-state index contributed by atoms with van der Waals surface area (Å²) in [5.74, 6) is 1.12. The molecule has 1 aliphatic carbocycles. The molecule has 1 atom stereocenters. The van der Waals surface area contributed by atoms with Crippen molar-refractivity contribution < 1.29 is 13.2 Å². The van der Waals surface area contributed by atoms with Crippen molar-refractivity contribution in [1.82, 2.24) is 4.98 Å². The molecule has 1 aliphatic rings. The molecule has 2 aromatic rings. The number of hydrogen-bond acceptors (Lipinski definition) is 2. The molecule has 2 nitrogen and oxygen atoms in total. The lowest BCUT2D eigenvalue weighted by molar-refractivity contribution is -0.137. The fourth-order valence-electron chi connectivity index (χ4n) is 3.74. The van der Waals surface area contributed by atoms with Gasteiger partial charge in [-0.05, 0) is 79.8 Å². The van der Waals surface area contributed by atoms with Crippen molar-refractivity contribution in [2.45, 2.75) is 71.0 Å². The summed E-state index contributed by atoms with van der Waals surface area (Å²) in [7, 11) is 0. The number of aromatic nitrogens is 1. The summed E-state index contributed by atoms with van der Waals surface area (Å²) in [6.45, 7) is 6.55. The van der Waals surface area contributed by atoms with Gasteiger partial charge in [0.25, 0.3) is 0 Å². The maximum atomic E-state index is 13.0. The summed E-state index contributed by atoms with van der Waals surface area (Å²) in [4.78, 5) is 6.57. The molecule has 0 bridgehead atoms. The Morgan fingerprint density at radius 1 is 1.07 bits per heavy atom. The number of rotatable bonds is 8. The first-order valence-corrected chi connectivity index (χ1v) is 10.2. The normalized spacial score (nSPS) is 15.7. The molecule has 1 aromatic carbocycles. The quantitative estimate of drug-likeness (QED) is 0.469. The monoisotopic (exact) mass is 390 g/mol. The Morgan fingerprint density at radius 3 is 2.29 bits per heavy atom. The third-order valence-corrected chi connectivity index (χ3v) is 5.50. The van der Waals surface area contributed by atoms with Crippen LogP contribution in [0.1, 0.15) is 69.9 Å². The summed E-state index contributed by atoms with van der Waals surface area (Å²) in [6, 6.07) is 7.87. The second kappa shape index (κ2) is 8.54. The smallest absolute Gasteiger partial charge is 0.337 e. The predicted octanol–water partition coefficient (Wildman–Crippen LogP) is 7.33. The van der Waals surface area contributed by atoms with Crippen LogP contribution >= 0.6 is 0 Å². The number of anilines is 2. The Labute approximate surface area is 165 Å². The molecule has 0 saturated heterocycles. The SMILES string of the molecule is CCC(CCC(C)C)N(c1ccc(C(F)(F)F)cc1)c1cnccc1C1CC1. The summed E-state index contributed by atoms with van der Waals surface area (Å²) < 4.78 is 39.1. The maximum absolute atomic E-state index is 13.0. The van der Waals surface area contributed by atoms with Gasteiger partial charge in [-0.2, -0.15) is 13.2 Å². The lowest BCUT2D eigenvalue weighted by Gasteiger charge is -2.35. The van der Waals surface area contributed by atoms with Crippen molar-refractivity contribution in [3.63, 3.8) is 0 Å². The molecule has 5 heteroatoms. The zero-order chi connectivity index (χ0) is 20.3. The molecule has 0 spiro atoms. The lowest BCUT2D eigenvalue weighted by Crippen LogP contribution is -2.32. The molecule has 0 aliphatic heterocycles. The van der Waals surface area contributed by atoms with Crippen LogP contribution in [0.2, 0.25) is 0 Å². The van der Waals surface area contributed by atoms with Gasteiger partial charge in [-0.15, -0.1) is 0 Å². The molecule has 0 amide bonds. The van der Waals surface area contributed by atoms with Gasteiger partial charge in [0.1, 0.15) is 0 Å². The zero-order valence-electron chi connectivity index (χ0n) is 16.8. The Hall–Kier alpha value is -2.04. The average molecular weight is 390 g/mol. The van der Waals surface area contributed by atoms with Gasteiger partial charge >= 0.3 is 6.18 Å². The molecule has 1 saturated carbocycles. The van der Waals surface area contributed by atoms with Gasteiger partial charge in [-0.25, -0.2) is 0 Å². The first-order valence-electron chi connectivity index (χ1n) is 10.2. The number of hydrogen-bond donors (Lipinski definition) is 0. The Kier molecular flexibility index (Phi) is 6.31. The van der Waals surface area contributed by atoms with Crippen molar-refractivity contribution in [3.05, 3.63) is 53.9 Å². The second-order valence-corrected chi connectivity index (χ2v) is 8.16. The maximum Gasteiger partial charge on any atom is 0.416 e. The molecule has 1 fully saturated rings. The van der Waals surface area contributed by atoms with Gasteiger partial charge in [-0.3, -0.25) is 4.98 Å². The number of pyridine rings is 1. The Morgan fingerprint density at radius 2 is 1.75 bits per heavy atom. The minimum atomic E-state index is -4.32. The topological polar surface area (TPSA) is 16.1 Å². The fraction of sp³-hybridized carbons (Fsp3) is 0.522. The summed E-state index contributed by atoms with van der Waals surface area (Å²) in [6.07, 6.45) is 4.70. The Bertz CT molecular complexity index is 764. The van der Waals surface area contributed by atoms with Crippen LogP contribution in [0.3, 0.4) is 0 Å². The largest absolute Gasteiger partial charge is 0.416 e. The molecular weight excluding hydrogens is 361 g/mol. The van der Waals surface area contributed by atoms with Gasteiger partial charge in [-0.1, -0.05) is 20.8 Å². The number of benzene rings is 1. The molecule has 1 heterocycles. The van der Waals surface area contributed by atoms with Crippen LogP contribution in [-0.2, 0) is 6.18 Å². The van der Waals surface area contributed by atoms with Gasteiger partial charge < -0.3 is 4.90 Å². The standard InChI is InChI=1S/C23H29F3N2/c1-4-19(10-5-16(2)3)28(20-11-8-18(9-12-20)23(24,25)26)22-15-27-14-13-21(22)17-6-7-17/h8-9,11-17,19H,4-7,10H2,1-3H3. The van der Waals surface area contributed by atoms with E-state index in [2.05, 4.69) is 36.7 Å². The molecular formula is C23H29F3N2. The third kappa shape index (κ3) is 4.86. The highest BCUT2D eigenvalue weighted by Gasteiger charge is 2.32. The molecule has 0 N–H and O–H groups in total. The minimum Gasteiger partial charge on any atom is -0.337 e. The van der Waals surface area contributed by atoms with Crippen LogP contribution in [0.15, 0.2) is 42.7 Å². The van der Waals surface area contributed by atoms with Crippen LogP contribution in [0.5, 0.6) is 0 Å². The number of halogens is 3. The van der Waals surface area contributed by atoms with E-state index in [9.17, 15) is 13.2 Å². The summed E-state index contributed by atoms with van der Waals surface area (Å²) in [5, 5.41) is 0. The molecule has 152 valence electrons. The van der Waals surface area contributed by atoms with Crippen LogP contribution in [-0.4, -0.2) is 11.0 Å². The van der Waals surface area contributed by atoms with E-state index >= 15 is 0 Å². The average Bonchev–Trinajstić information content (AvgIpc) is 3.49. The molecule has 3 rings (SSSR count). The van der Waals surface area contributed by atoms with E-state index in [0.717, 1.165) is 30.6 Å². The van der Waals surface area contributed by atoms with Crippen molar-refractivity contribution in [2.75, 3.05) is 4.90 Å². The second-order valence-electron chi connectivity index (χ2n) is 8.16.